The van der Waals surface area contributed by atoms with Gasteiger partial charge >= 0.3 is 0 Å². The molecule has 0 saturated heterocycles. The summed E-state index contributed by atoms with van der Waals surface area (Å²) in [7, 11) is 0. The summed E-state index contributed by atoms with van der Waals surface area (Å²) < 4.78 is 7.68. The van der Waals surface area contributed by atoms with Gasteiger partial charge < -0.3 is 19.5 Å². The average Bonchev–Trinajstić information content (AvgIpc) is 3.22. The Hall–Kier alpha value is -2.46. The molecule has 9 heteroatoms. The van der Waals surface area contributed by atoms with Crippen molar-refractivity contribution in [2.24, 2.45) is 9.98 Å². The summed E-state index contributed by atoms with van der Waals surface area (Å²) in [4.78, 5) is 23.5. The van der Waals surface area contributed by atoms with E-state index in [1.165, 1.54) is 11.8 Å². The van der Waals surface area contributed by atoms with Gasteiger partial charge in [0.05, 0.1) is 24.5 Å². The van der Waals surface area contributed by atoms with Gasteiger partial charge in [-0.3, -0.25) is 9.69 Å². The van der Waals surface area contributed by atoms with Gasteiger partial charge in [0.25, 0.3) is 5.91 Å². The van der Waals surface area contributed by atoms with Crippen LogP contribution in [0.3, 0.4) is 0 Å². The molecule has 1 aromatic heterocycles. The van der Waals surface area contributed by atoms with Crippen LogP contribution in [0.2, 0.25) is 0 Å². The maximum atomic E-state index is 12.4. The quantitative estimate of drug-likeness (QED) is 0.731. The number of thioether (sulfide) groups is 1. The second kappa shape index (κ2) is 8.35. The minimum Gasteiger partial charge on any atom is -0.394 e. The Bertz CT molecular complexity index is 1030. The topological polar surface area (TPSA) is 99.6 Å². The molecule has 0 fully saturated rings. The summed E-state index contributed by atoms with van der Waals surface area (Å²) in [5.74, 6) is 1.07. The number of aliphatic hydroxyl groups excluding tert-OH is 2. The van der Waals surface area contributed by atoms with E-state index in [9.17, 15) is 15.0 Å². The predicted octanol–water partition coefficient (Wildman–Crippen LogP) is 2.13. The first-order valence-electron chi connectivity index (χ1n) is 9.68. The number of nitrogens with zero attached hydrogens (tertiary/aromatic N) is 4. The van der Waals surface area contributed by atoms with Gasteiger partial charge in [-0.1, -0.05) is 42.1 Å². The fraction of sp³-hybridized carbons (Fsp3) is 0.381. The van der Waals surface area contributed by atoms with Gasteiger partial charge in [-0.25, -0.2) is 4.99 Å². The number of carbonyl (C=O) groups is 1. The number of fused-ring (bicyclic) bond motifs is 3. The van der Waals surface area contributed by atoms with Gasteiger partial charge in [-0.15, -0.1) is 0 Å². The molecule has 2 aliphatic heterocycles. The third kappa shape index (κ3) is 3.27. The van der Waals surface area contributed by atoms with Gasteiger partial charge in [0, 0.05) is 0 Å². The molecule has 30 heavy (non-hydrogen) atoms. The highest BCUT2D eigenvalue weighted by Crippen LogP contribution is 2.42. The lowest BCUT2D eigenvalue weighted by molar-refractivity contribution is -0.119. The van der Waals surface area contributed by atoms with Crippen LogP contribution in [0.1, 0.15) is 18.1 Å². The molecule has 8 nitrogen and oxygen atoms in total. The van der Waals surface area contributed by atoms with Gasteiger partial charge in [0.1, 0.15) is 24.7 Å². The molecule has 1 atom stereocenters. The fourth-order valence-corrected chi connectivity index (χ4v) is 4.44. The normalized spacial score (nSPS) is 17.9. The molecule has 2 N–H and O–H groups in total. The van der Waals surface area contributed by atoms with Crippen molar-refractivity contribution in [3.63, 3.8) is 0 Å². The second-order valence-corrected chi connectivity index (χ2v) is 7.94. The van der Waals surface area contributed by atoms with Crippen LogP contribution in [0.5, 0.6) is 0 Å². The molecular weight excluding hydrogens is 404 g/mol. The number of carbonyl (C=O) groups excluding carboxylic acids is 1. The van der Waals surface area contributed by atoms with Crippen molar-refractivity contribution in [2.45, 2.75) is 32.7 Å². The van der Waals surface area contributed by atoms with E-state index in [4.69, 9.17) is 9.73 Å². The first kappa shape index (κ1) is 20.8. The zero-order valence-electron chi connectivity index (χ0n) is 17.1. The Morgan fingerprint density at radius 2 is 1.90 bits per heavy atom. The third-order valence-corrected chi connectivity index (χ3v) is 6.03. The zero-order chi connectivity index (χ0) is 21.4. The standard InChI is InChI=1S/C21H24N4O4S/c1-12-16-18(23-21(30-3)25-13(2)20(28)22-19(16)25)24(11-29-15(9-26)10-27)17(12)14-7-5-4-6-8-14/h4-8,13,15,26-27H,9-11H2,1-3H3. The number of hydrogen-bond donors (Lipinski definition) is 2. The zero-order valence-corrected chi connectivity index (χ0v) is 17.9. The summed E-state index contributed by atoms with van der Waals surface area (Å²) in [5, 5.41) is 19.5. The van der Waals surface area contributed by atoms with Crippen molar-refractivity contribution in [1.29, 1.82) is 0 Å². The molecular formula is C21H24N4O4S. The Labute approximate surface area is 178 Å². The molecule has 1 aromatic carbocycles. The summed E-state index contributed by atoms with van der Waals surface area (Å²) in [6.07, 6.45) is 1.22. The Morgan fingerprint density at radius 1 is 1.20 bits per heavy atom. The summed E-state index contributed by atoms with van der Waals surface area (Å²) in [5.41, 5.74) is 3.62. The Morgan fingerprint density at radius 3 is 2.53 bits per heavy atom. The number of aliphatic hydroxyl groups is 2. The number of ether oxygens (including phenoxy) is 1. The Balaban J connectivity index is 1.92. The van der Waals surface area contributed by atoms with Crippen LogP contribution in [0, 0.1) is 6.92 Å². The molecule has 0 bridgehead atoms. The minimum atomic E-state index is -0.693. The van der Waals surface area contributed by atoms with Crippen molar-refractivity contribution < 1.29 is 19.7 Å². The van der Waals surface area contributed by atoms with Crippen LogP contribution >= 0.6 is 11.8 Å². The highest BCUT2D eigenvalue weighted by Gasteiger charge is 2.42. The van der Waals surface area contributed by atoms with E-state index >= 15 is 0 Å². The third-order valence-electron chi connectivity index (χ3n) is 5.38. The monoisotopic (exact) mass is 428 g/mol. The molecule has 0 aliphatic carbocycles. The van der Waals surface area contributed by atoms with Crippen LogP contribution in [-0.4, -0.2) is 68.2 Å². The molecule has 2 aliphatic rings. The number of hydrogen-bond acceptors (Lipinski definition) is 7. The molecule has 4 rings (SSSR count). The lowest BCUT2D eigenvalue weighted by atomic mass is 10.0. The van der Waals surface area contributed by atoms with E-state index in [1.54, 1.807) is 0 Å². The lowest BCUT2D eigenvalue weighted by Gasteiger charge is -2.28. The second-order valence-electron chi connectivity index (χ2n) is 7.17. The maximum absolute atomic E-state index is 12.4. The molecule has 2 aromatic rings. The number of benzene rings is 1. The van der Waals surface area contributed by atoms with E-state index in [2.05, 4.69) is 4.99 Å². The molecule has 1 unspecified atom stereocenters. The SMILES string of the molecule is CSC1=Nc2c(c(C)c(-c3ccccc3)n2COC(CO)CO)C2=NC(=O)C(C)N12. The van der Waals surface area contributed by atoms with Gasteiger partial charge in [-0.2, -0.15) is 4.99 Å². The molecule has 0 radical (unpaired) electrons. The minimum absolute atomic E-state index is 0.0914. The van der Waals surface area contributed by atoms with Crippen LogP contribution in [0.4, 0.5) is 5.82 Å². The number of aliphatic imine (C=N–C) groups is 2. The van der Waals surface area contributed by atoms with E-state index < -0.39 is 12.1 Å². The van der Waals surface area contributed by atoms with E-state index in [1.807, 2.05) is 59.9 Å². The first-order valence-corrected chi connectivity index (χ1v) is 10.9. The molecule has 0 spiro atoms. The van der Waals surface area contributed by atoms with E-state index in [0.29, 0.717) is 16.8 Å². The summed E-state index contributed by atoms with van der Waals surface area (Å²) in [6, 6.07) is 9.47. The largest absolute Gasteiger partial charge is 0.394 e. The van der Waals surface area contributed by atoms with Crippen molar-refractivity contribution >= 4 is 34.5 Å². The maximum Gasteiger partial charge on any atom is 0.270 e. The lowest BCUT2D eigenvalue weighted by Crippen LogP contribution is -2.41. The van der Waals surface area contributed by atoms with Crippen LogP contribution < -0.4 is 0 Å². The molecule has 1 amide bonds. The van der Waals surface area contributed by atoms with Crippen LogP contribution in [0.15, 0.2) is 40.3 Å². The van der Waals surface area contributed by atoms with Gasteiger partial charge in [-0.05, 0) is 31.2 Å². The number of amides is 1. The number of amidine groups is 2. The van der Waals surface area contributed by atoms with E-state index in [0.717, 1.165) is 22.4 Å². The fourth-order valence-electron chi connectivity index (χ4n) is 3.82. The highest BCUT2D eigenvalue weighted by molar-refractivity contribution is 8.13. The van der Waals surface area contributed by atoms with E-state index in [-0.39, 0.29) is 25.9 Å². The smallest absolute Gasteiger partial charge is 0.270 e. The van der Waals surface area contributed by atoms with Crippen LogP contribution in [-0.2, 0) is 16.3 Å². The highest BCUT2D eigenvalue weighted by atomic mass is 32.2. The summed E-state index contributed by atoms with van der Waals surface area (Å²) in [6.45, 7) is 3.34. The van der Waals surface area contributed by atoms with Crippen LogP contribution in [0.25, 0.3) is 11.3 Å². The first-order chi connectivity index (χ1) is 14.5. The molecule has 0 saturated carbocycles. The van der Waals surface area contributed by atoms with Crippen molar-refractivity contribution in [2.75, 3.05) is 19.5 Å². The predicted molar refractivity (Wildman–Crippen MR) is 117 cm³/mol. The van der Waals surface area contributed by atoms with Crippen molar-refractivity contribution in [3.8, 4) is 11.3 Å². The molecule has 3 heterocycles. The van der Waals surface area contributed by atoms with Crippen molar-refractivity contribution in [1.82, 2.24) is 9.47 Å². The van der Waals surface area contributed by atoms with Gasteiger partial charge in [0.2, 0.25) is 0 Å². The number of aromatic nitrogens is 1. The van der Waals surface area contributed by atoms with Crippen molar-refractivity contribution in [3.05, 3.63) is 41.5 Å². The summed E-state index contributed by atoms with van der Waals surface area (Å²) >= 11 is 1.45. The molecule has 158 valence electrons. The Kier molecular flexibility index (Phi) is 5.79. The number of rotatable bonds is 6. The average molecular weight is 429 g/mol. The van der Waals surface area contributed by atoms with Gasteiger partial charge in [0.15, 0.2) is 11.0 Å².